The van der Waals surface area contributed by atoms with Crippen molar-refractivity contribution in [2.45, 2.75) is 27.2 Å². The highest BCUT2D eigenvalue weighted by atomic mass is 16.5. The zero-order valence-electron chi connectivity index (χ0n) is 18.5. The standard InChI is InChI=1S/C27H26N2O3/c1-4-14-32-23-12-10-20(11-13-23)24-25(28-21-16-18(2)15-19(3)17-21)27(31)29(26(24)30)22-8-6-5-7-9-22/h5-13,15-17,28H,4,14H2,1-3H3. The molecule has 0 saturated carbocycles. The summed E-state index contributed by atoms with van der Waals surface area (Å²) in [5, 5.41) is 3.24. The summed E-state index contributed by atoms with van der Waals surface area (Å²) in [4.78, 5) is 28.2. The lowest BCUT2D eigenvalue weighted by molar-refractivity contribution is -0.120. The highest BCUT2D eigenvalue weighted by Gasteiger charge is 2.40. The average molecular weight is 427 g/mol. The maximum atomic E-state index is 13.5. The van der Waals surface area contributed by atoms with Crippen LogP contribution in [-0.2, 0) is 9.59 Å². The fourth-order valence-electron chi connectivity index (χ4n) is 3.85. The number of nitrogens with zero attached hydrogens (tertiary/aromatic N) is 1. The lowest BCUT2D eigenvalue weighted by atomic mass is 10.0. The molecule has 0 atom stereocenters. The predicted octanol–water partition coefficient (Wildman–Crippen LogP) is 5.49. The second-order valence-corrected chi connectivity index (χ2v) is 7.91. The largest absolute Gasteiger partial charge is 0.494 e. The Morgan fingerprint density at radius 3 is 2.12 bits per heavy atom. The molecule has 3 aromatic carbocycles. The topological polar surface area (TPSA) is 58.6 Å². The van der Waals surface area contributed by atoms with Gasteiger partial charge in [0.25, 0.3) is 11.8 Å². The summed E-state index contributed by atoms with van der Waals surface area (Å²) in [7, 11) is 0. The second-order valence-electron chi connectivity index (χ2n) is 7.91. The van der Waals surface area contributed by atoms with Crippen molar-refractivity contribution >= 4 is 28.8 Å². The Morgan fingerprint density at radius 2 is 1.50 bits per heavy atom. The molecular formula is C27H26N2O3. The first-order chi connectivity index (χ1) is 15.5. The van der Waals surface area contributed by atoms with E-state index < -0.39 is 0 Å². The molecule has 32 heavy (non-hydrogen) atoms. The Balaban J connectivity index is 1.77. The Morgan fingerprint density at radius 1 is 0.844 bits per heavy atom. The second kappa shape index (κ2) is 9.10. The predicted molar refractivity (Wildman–Crippen MR) is 128 cm³/mol. The molecule has 0 unspecified atom stereocenters. The summed E-state index contributed by atoms with van der Waals surface area (Å²) >= 11 is 0. The third kappa shape index (κ3) is 4.28. The number of hydrogen-bond acceptors (Lipinski definition) is 4. The Labute approximate surface area is 188 Å². The number of rotatable bonds is 7. The van der Waals surface area contributed by atoms with Crippen molar-refractivity contribution in [2.75, 3.05) is 16.8 Å². The number of hydrogen-bond donors (Lipinski definition) is 1. The van der Waals surface area contributed by atoms with Gasteiger partial charge in [-0.1, -0.05) is 43.3 Å². The first-order valence-corrected chi connectivity index (χ1v) is 10.7. The summed E-state index contributed by atoms with van der Waals surface area (Å²) in [5.74, 6) is 0.00803. The summed E-state index contributed by atoms with van der Waals surface area (Å²) in [5.41, 5.74) is 4.74. The van der Waals surface area contributed by atoms with E-state index in [1.54, 1.807) is 12.1 Å². The number of amides is 2. The third-order valence-electron chi connectivity index (χ3n) is 5.21. The summed E-state index contributed by atoms with van der Waals surface area (Å²) in [6.07, 6.45) is 0.913. The molecule has 0 saturated heterocycles. The molecule has 5 nitrogen and oxygen atoms in total. The van der Waals surface area contributed by atoms with Gasteiger partial charge < -0.3 is 10.1 Å². The summed E-state index contributed by atoms with van der Waals surface area (Å²) in [6.45, 7) is 6.67. The SMILES string of the molecule is CCCOc1ccc(C2=C(Nc3cc(C)cc(C)c3)C(=O)N(c3ccccc3)C2=O)cc1. The average Bonchev–Trinajstić information content (AvgIpc) is 3.02. The molecule has 4 rings (SSSR count). The van der Waals surface area contributed by atoms with Gasteiger partial charge in [0.05, 0.1) is 17.9 Å². The molecule has 0 spiro atoms. The molecule has 3 aromatic rings. The van der Waals surface area contributed by atoms with Crippen molar-refractivity contribution in [3.63, 3.8) is 0 Å². The van der Waals surface area contributed by atoms with Gasteiger partial charge in [-0.05, 0) is 73.4 Å². The van der Waals surface area contributed by atoms with Gasteiger partial charge in [0.2, 0.25) is 0 Å². The summed E-state index contributed by atoms with van der Waals surface area (Å²) < 4.78 is 5.67. The van der Waals surface area contributed by atoms with Crippen molar-refractivity contribution in [1.29, 1.82) is 0 Å². The summed E-state index contributed by atoms with van der Waals surface area (Å²) in [6, 6.07) is 22.3. The zero-order chi connectivity index (χ0) is 22.7. The molecule has 1 aliphatic rings. The van der Waals surface area contributed by atoms with Crippen molar-refractivity contribution < 1.29 is 14.3 Å². The molecule has 0 aliphatic carbocycles. The molecule has 1 aliphatic heterocycles. The van der Waals surface area contributed by atoms with E-state index in [1.165, 1.54) is 4.90 Å². The first kappa shape index (κ1) is 21.4. The molecule has 162 valence electrons. The van der Waals surface area contributed by atoms with Crippen LogP contribution in [-0.4, -0.2) is 18.4 Å². The number of aryl methyl sites for hydroxylation is 2. The number of para-hydroxylation sites is 1. The van der Waals surface area contributed by atoms with Crippen molar-refractivity contribution in [3.05, 3.63) is 95.2 Å². The Bertz CT molecular complexity index is 1160. The molecule has 0 fully saturated rings. The van der Waals surface area contributed by atoms with E-state index in [4.69, 9.17) is 4.74 Å². The van der Waals surface area contributed by atoms with Crippen molar-refractivity contribution in [1.82, 2.24) is 0 Å². The lowest BCUT2D eigenvalue weighted by Gasteiger charge is -2.15. The van der Waals surface area contributed by atoms with E-state index in [9.17, 15) is 9.59 Å². The van der Waals surface area contributed by atoms with Crippen LogP contribution in [0.2, 0.25) is 0 Å². The maximum absolute atomic E-state index is 13.5. The van der Waals surface area contributed by atoms with Gasteiger partial charge in [0, 0.05) is 5.69 Å². The third-order valence-corrected chi connectivity index (χ3v) is 5.21. The van der Waals surface area contributed by atoms with E-state index >= 15 is 0 Å². The van der Waals surface area contributed by atoms with Gasteiger partial charge >= 0.3 is 0 Å². The van der Waals surface area contributed by atoms with Crippen LogP contribution in [0.15, 0.2) is 78.5 Å². The van der Waals surface area contributed by atoms with Crippen LogP contribution in [0.1, 0.15) is 30.0 Å². The van der Waals surface area contributed by atoms with E-state index in [0.29, 0.717) is 23.4 Å². The van der Waals surface area contributed by atoms with Crippen molar-refractivity contribution in [3.8, 4) is 5.75 Å². The minimum absolute atomic E-state index is 0.270. The number of nitrogens with one attached hydrogen (secondary N) is 1. The van der Waals surface area contributed by atoms with Crippen LogP contribution >= 0.6 is 0 Å². The molecule has 1 heterocycles. The quantitative estimate of drug-likeness (QED) is 0.508. The van der Waals surface area contributed by atoms with Gasteiger partial charge in [-0.25, -0.2) is 4.90 Å². The highest BCUT2D eigenvalue weighted by molar-refractivity contribution is 6.46. The minimum atomic E-state index is -0.373. The number of carbonyl (C=O) groups is 2. The monoisotopic (exact) mass is 426 g/mol. The smallest absolute Gasteiger partial charge is 0.282 e. The van der Waals surface area contributed by atoms with Gasteiger partial charge in [-0.2, -0.15) is 0 Å². The van der Waals surface area contributed by atoms with E-state index in [-0.39, 0.29) is 17.5 Å². The van der Waals surface area contributed by atoms with Crippen LogP contribution < -0.4 is 15.0 Å². The Kier molecular flexibility index (Phi) is 6.08. The molecule has 5 heteroatoms. The van der Waals surface area contributed by atoms with Crippen LogP contribution in [0.3, 0.4) is 0 Å². The fraction of sp³-hybridized carbons (Fsp3) is 0.185. The molecule has 2 amide bonds. The van der Waals surface area contributed by atoms with Gasteiger partial charge in [0.15, 0.2) is 0 Å². The van der Waals surface area contributed by atoms with E-state index in [0.717, 1.165) is 29.0 Å². The molecule has 0 aromatic heterocycles. The Hall–Kier alpha value is -3.86. The van der Waals surface area contributed by atoms with Gasteiger partial charge in [-0.15, -0.1) is 0 Å². The lowest BCUT2D eigenvalue weighted by Crippen LogP contribution is -2.32. The molecule has 0 bridgehead atoms. The highest BCUT2D eigenvalue weighted by Crippen LogP contribution is 2.34. The fourth-order valence-corrected chi connectivity index (χ4v) is 3.85. The van der Waals surface area contributed by atoms with Crippen LogP contribution in [0.5, 0.6) is 5.75 Å². The maximum Gasteiger partial charge on any atom is 0.282 e. The number of carbonyl (C=O) groups excluding carboxylic acids is 2. The molecule has 1 N–H and O–H groups in total. The first-order valence-electron chi connectivity index (χ1n) is 10.7. The van der Waals surface area contributed by atoms with E-state index in [2.05, 4.69) is 11.4 Å². The van der Waals surface area contributed by atoms with Gasteiger partial charge in [0.1, 0.15) is 11.4 Å². The normalized spacial score (nSPS) is 13.7. The molecule has 0 radical (unpaired) electrons. The van der Waals surface area contributed by atoms with Gasteiger partial charge in [-0.3, -0.25) is 9.59 Å². The minimum Gasteiger partial charge on any atom is -0.494 e. The number of ether oxygens (including phenoxy) is 1. The molecular weight excluding hydrogens is 400 g/mol. The number of imide groups is 1. The van der Waals surface area contributed by atoms with Crippen molar-refractivity contribution in [2.24, 2.45) is 0 Å². The van der Waals surface area contributed by atoms with Crippen LogP contribution in [0, 0.1) is 13.8 Å². The van der Waals surface area contributed by atoms with E-state index in [1.807, 2.05) is 75.4 Å². The number of anilines is 2. The zero-order valence-corrected chi connectivity index (χ0v) is 18.5. The number of benzene rings is 3. The van der Waals surface area contributed by atoms with Crippen LogP contribution in [0.4, 0.5) is 11.4 Å². The van der Waals surface area contributed by atoms with Crippen LogP contribution in [0.25, 0.3) is 5.57 Å².